The quantitative estimate of drug-likeness (QED) is 0.602. The van der Waals surface area contributed by atoms with Gasteiger partial charge in [-0.25, -0.2) is 4.79 Å². The third-order valence-electron chi connectivity index (χ3n) is 5.68. The number of alkyl carbamates (subject to hydrolysis) is 1. The topological polar surface area (TPSA) is 41.6 Å². The lowest BCUT2D eigenvalue weighted by atomic mass is 9.86. The summed E-state index contributed by atoms with van der Waals surface area (Å²) in [6.45, 7) is 8.63. The van der Waals surface area contributed by atoms with E-state index < -0.39 is 6.09 Å². The van der Waals surface area contributed by atoms with Gasteiger partial charge in [0.2, 0.25) is 0 Å². The lowest BCUT2D eigenvalue weighted by Gasteiger charge is -2.30. The first-order chi connectivity index (χ1) is 14.6. The molecule has 1 fully saturated rings. The van der Waals surface area contributed by atoms with E-state index in [2.05, 4.69) is 77.5 Å². The standard InChI is InChI=1S/C26H28N2O2/c1-19(2)30-26(29)27-15-18-28-16-13-22(14-17-28)25-23-9-5-3-7-20(23)11-12-21-8-4-6-10-24(21)25/h3-12H,1,13-18H2,2H3,(H,27,29). The molecule has 4 nitrogen and oxygen atoms in total. The fraction of sp³-hybridized carbons (Fsp3) is 0.269. The minimum Gasteiger partial charge on any atom is -0.416 e. The molecule has 4 heteroatoms. The number of ether oxygens (including phenoxy) is 1. The smallest absolute Gasteiger partial charge is 0.412 e. The van der Waals surface area contributed by atoms with Gasteiger partial charge in [0.1, 0.15) is 0 Å². The van der Waals surface area contributed by atoms with Crippen molar-refractivity contribution in [1.82, 2.24) is 10.2 Å². The number of amides is 1. The minimum atomic E-state index is -0.429. The Balaban J connectivity index is 1.49. The zero-order chi connectivity index (χ0) is 20.9. The molecule has 4 rings (SSSR count). The molecule has 1 aliphatic carbocycles. The van der Waals surface area contributed by atoms with Crippen molar-refractivity contribution in [1.29, 1.82) is 0 Å². The van der Waals surface area contributed by atoms with Gasteiger partial charge in [0.05, 0.1) is 5.76 Å². The van der Waals surface area contributed by atoms with Gasteiger partial charge in [-0.2, -0.15) is 0 Å². The summed E-state index contributed by atoms with van der Waals surface area (Å²) >= 11 is 0. The van der Waals surface area contributed by atoms with Crippen molar-refractivity contribution in [2.45, 2.75) is 19.8 Å². The average molecular weight is 401 g/mol. The van der Waals surface area contributed by atoms with E-state index in [1.807, 2.05) is 0 Å². The van der Waals surface area contributed by atoms with Crippen LogP contribution in [0.15, 0.2) is 66.4 Å². The number of carbonyl (C=O) groups excluding carboxylic acids is 1. The number of nitrogens with one attached hydrogen (secondary N) is 1. The molecule has 0 atom stereocenters. The first kappa shape index (κ1) is 20.2. The molecule has 0 bridgehead atoms. The van der Waals surface area contributed by atoms with Gasteiger partial charge in [-0.05, 0) is 47.6 Å². The van der Waals surface area contributed by atoms with E-state index in [1.54, 1.807) is 6.92 Å². The number of benzene rings is 2. The second-order valence-corrected chi connectivity index (χ2v) is 7.85. The molecule has 0 aromatic heterocycles. The first-order valence-electron chi connectivity index (χ1n) is 10.5. The Bertz CT molecular complexity index is 958. The second kappa shape index (κ2) is 9.14. The number of hydrogen-bond donors (Lipinski definition) is 1. The SMILES string of the molecule is C=C(C)OC(=O)NCCN1CCC(=C2c3ccccc3C=Cc3ccccc32)CC1. The molecule has 0 spiro atoms. The first-order valence-corrected chi connectivity index (χ1v) is 10.5. The molecule has 2 aromatic rings. The molecule has 0 saturated carbocycles. The van der Waals surface area contributed by atoms with Crippen LogP contribution in [-0.4, -0.2) is 37.2 Å². The number of piperidine rings is 1. The molecule has 0 radical (unpaired) electrons. The molecule has 154 valence electrons. The summed E-state index contributed by atoms with van der Waals surface area (Å²) < 4.78 is 4.94. The highest BCUT2D eigenvalue weighted by Crippen LogP contribution is 2.38. The van der Waals surface area contributed by atoms with Crippen LogP contribution < -0.4 is 5.32 Å². The summed E-state index contributed by atoms with van der Waals surface area (Å²) in [5, 5.41) is 2.79. The molecular weight excluding hydrogens is 372 g/mol. The van der Waals surface area contributed by atoms with Crippen molar-refractivity contribution >= 4 is 23.8 Å². The van der Waals surface area contributed by atoms with Crippen LogP contribution in [0.2, 0.25) is 0 Å². The van der Waals surface area contributed by atoms with Crippen LogP contribution in [0.4, 0.5) is 4.79 Å². The van der Waals surface area contributed by atoms with E-state index in [4.69, 9.17) is 4.74 Å². The Morgan fingerprint density at radius 3 is 2.13 bits per heavy atom. The molecule has 1 amide bonds. The number of rotatable bonds is 4. The zero-order valence-electron chi connectivity index (χ0n) is 17.5. The summed E-state index contributed by atoms with van der Waals surface area (Å²) in [5.41, 5.74) is 8.12. The van der Waals surface area contributed by atoms with Gasteiger partial charge in [0, 0.05) is 26.2 Å². The van der Waals surface area contributed by atoms with Crippen molar-refractivity contribution in [3.05, 3.63) is 88.7 Å². The van der Waals surface area contributed by atoms with Gasteiger partial charge in [0.15, 0.2) is 0 Å². The molecule has 30 heavy (non-hydrogen) atoms. The van der Waals surface area contributed by atoms with Crippen LogP contribution in [0.1, 0.15) is 42.0 Å². The molecule has 1 saturated heterocycles. The van der Waals surface area contributed by atoms with Crippen LogP contribution in [-0.2, 0) is 4.74 Å². The normalized spacial score (nSPS) is 15.8. The van der Waals surface area contributed by atoms with Gasteiger partial charge < -0.3 is 15.0 Å². The number of hydrogen-bond acceptors (Lipinski definition) is 3. The third kappa shape index (κ3) is 4.55. The van der Waals surface area contributed by atoms with E-state index in [-0.39, 0.29) is 0 Å². The monoisotopic (exact) mass is 400 g/mol. The lowest BCUT2D eigenvalue weighted by Crippen LogP contribution is -2.38. The maximum Gasteiger partial charge on any atom is 0.412 e. The third-order valence-corrected chi connectivity index (χ3v) is 5.68. The number of fused-ring (bicyclic) bond motifs is 2. The van der Waals surface area contributed by atoms with Gasteiger partial charge in [-0.1, -0.05) is 72.8 Å². The van der Waals surface area contributed by atoms with E-state index in [9.17, 15) is 4.79 Å². The number of allylic oxidation sites excluding steroid dienone is 1. The van der Waals surface area contributed by atoms with Crippen LogP contribution in [0.5, 0.6) is 0 Å². The Hall–Kier alpha value is -3.11. The van der Waals surface area contributed by atoms with Crippen LogP contribution in [0, 0.1) is 0 Å². The summed E-state index contributed by atoms with van der Waals surface area (Å²) in [5.74, 6) is 0.403. The van der Waals surface area contributed by atoms with Gasteiger partial charge >= 0.3 is 6.09 Å². The van der Waals surface area contributed by atoms with E-state index in [0.717, 1.165) is 32.5 Å². The van der Waals surface area contributed by atoms with Crippen molar-refractivity contribution in [2.24, 2.45) is 0 Å². The van der Waals surface area contributed by atoms with Crippen molar-refractivity contribution in [3.63, 3.8) is 0 Å². The van der Waals surface area contributed by atoms with Crippen LogP contribution in [0.3, 0.4) is 0 Å². The number of likely N-dealkylation sites (tertiary alicyclic amines) is 1. The molecule has 1 aliphatic heterocycles. The van der Waals surface area contributed by atoms with Gasteiger partial charge in [0.25, 0.3) is 0 Å². The summed E-state index contributed by atoms with van der Waals surface area (Å²) in [6, 6.07) is 17.4. The lowest BCUT2D eigenvalue weighted by molar-refractivity contribution is 0.173. The van der Waals surface area contributed by atoms with Crippen molar-refractivity contribution in [2.75, 3.05) is 26.2 Å². The summed E-state index contributed by atoms with van der Waals surface area (Å²) in [4.78, 5) is 14.0. The van der Waals surface area contributed by atoms with Gasteiger partial charge in [-0.15, -0.1) is 0 Å². The zero-order valence-corrected chi connectivity index (χ0v) is 17.5. The number of nitrogens with zero attached hydrogens (tertiary/aromatic N) is 1. The van der Waals surface area contributed by atoms with E-state index in [0.29, 0.717) is 12.3 Å². The van der Waals surface area contributed by atoms with Gasteiger partial charge in [-0.3, -0.25) is 0 Å². The Morgan fingerprint density at radius 1 is 1.00 bits per heavy atom. The highest BCUT2D eigenvalue weighted by Gasteiger charge is 2.22. The molecular formula is C26H28N2O2. The van der Waals surface area contributed by atoms with Crippen molar-refractivity contribution in [3.8, 4) is 0 Å². The predicted octanol–water partition coefficient (Wildman–Crippen LogP) is 5.33. The molecule has 1 N–H and O–H groups in total. The highest BCUT2D eigenvalue weighted by molar-refractivity contribution is 5.94. The fourth-order valence-electron chi connectivity index (χ4n) is 4.25. The largest absolute Gasteiger partial charge is 0.416 e. The molecule has 1 heterocycles. The van der Waals surface area contributed by atoms with Crippen molar-refractivity contribution < 1.29 is 9.53 Å². The number of carbonyl (C=O) groups is 1. The van der Waals surface area contributed by atoms with E-state index >= 15 is 0 Å². The minimum absolute atomic E-state index is 0.403. The summed E-state index contributed by atoms with van der Waals surface area (Å²) in [7, 11) is 0. The summed E-state index contributed by atoms with van der Waals surface area (Å²) in [6.07, 6.45) is 6.10. The molecule has 0 unspecified atom stereocenters. The van der Waals surface area contributed by atoms with Crippen LogP contribution >= 0.6 is 0 Å². The highest BCUT2D eigenvalue weighted by atomic mass is 16.6. The Morgan fingerprint density at radius 2 is 1.57 bits per heavy atom. The second-order valence-electron chi connectivity index (χ2n) is 7.85. The van der Waals surface area contributed by atoms with E-state index in [1.165, 1.54) is 33.4 Å². The Labute approximate surface area is 178 Å². The molecule has 2 aromatic carbocycles. The molecule has 2 aliphatic rings. The maximum absolute atomic E-state index is 11.6. The van der Waals surface area contributed by atoms with Crippen LogP contribution in [0.25, 0.3) is 17.7 Å². The maximum atomic E-state index is 11.6. The average Bonchev–Trinajstić information content (AvgIpc) is 2.91. The fourth-order valence-corrected chi connectivity index (χ4v) is 4.25. The Kier molecular flexibility index (Phi) is 6.15. The predicted molar refractivity (Wildman–Crippen MR) is 123 cm³/mol.